The van der Waals surface area contributed by atoms with Gasteiger partial charge in [-0.15, -0.1) is 0 Å². The molecule has 0 radical (unpaired) electrons. The summed E-state index contributed by atoms with van der Waals surface area (Å²) in [4.78, 5) is 13.2. The molecule has 1 atom stereocenters. The van der Waals surface area contributed by atoms with Gasteiger partial charge in [-0.05, 0) is 37.5 Å². The molecule has 0 saturated heterocycles. The van der Waals surface area contributed by atoms with Crippen molar-refractivity contribution in [2.24, 2.45) is 5.92 Å². The summed E-state index contributed by atoms with van der Waals surface area (Å²) >= 11 is 0. The van der Waals surface area contributed by atoms with E-state index in [1.54, 1.807) is 6.92 Å². The van der Waals surface area contributed by atoms with E-state index in [0.717, 1.165) is 17.7 Å². The molecule has 3 nitrogen and oxygen atoms in total. The summed E-state index contributed by atoms with van der Waals surface area (Å²) in [6, 6.07) is 8.45. The molecule has 0 bridgehead atoms. The van der Waals surface area contributed by atoms with Crippen LogP contribution in [0.25, 0.3) is 0 Å². The van der Waals surface area contributed by atoms with Gasteiger partial charge in [0.15, 0.2) is 0 Å². The third-order valence-corrected chi connectivity index (χ3v) is 3.50. The van der Waals surface area contributed by atoms with Crippen LogP contribution in [0.2, 0.25) is 0 Å². The second-order valence-electron chi connectivity index (χ2n) is 5.85. The Kier molecular flexibility index (Phi) is 7.00. The Hall–Kier alpha value is -1.77. The molecule has 0 spiro atoms. The van der Waals surface area contributed by atoms with Crippen LogP contribution in [-0.4, -0.2) is 24.2 Å². The van der Waals surface area contributed by atoms with E-state index in [0.29, 0.717) is 13.1 Å². The Morgan fingerprint density at radius 2 is 1.95 bits per heavy atom. The minimum absolute atomic E-state index is 0.399. The summed E-state index contributed by atoms with van der Waals surface area (Å²) in [5, 5.41) is 9.10. The van der Waals surface area contributed by atoms with Crippen LogP contribution in [-0.2, 0) is 11.2 Å². The molecule has 1 rings (SSSR count). The van der Waals surface area contributed by atoms with Gasteiger partial charge in [0.2, 0.25) is 0 Å². The number of carboxylic acids is 1. The molecule has 1 unspecified atom stereocenters. The van der Waals surface area contributed by atoms with E-state index in [9.17, 15) is 4.79 Å². The number of nitrogens with zero attached hydrogens (tertiary/aromatic N) is 1. The van der Waals surface area contributed by atoms with Gasteiger partial charge in [0.05, 0.1) is 5.92 Å². The molecule has 1 N–H and O–H groups in total. The average Bonchev–Trinajstić information content (AvgIpc) is 2.44. The molecule has 0 aliphatic carbocycles. The maximum absolute atomic E-state index is 11.1. The van der Waals surface area contributed by atoms with E-state index in [2.05, 4.69) is 42.7 Å². The molecule has 1 aromatic carbocycles. The van der Waals surface area contributed by atoms with Gasteiger partial charge in [-0.1, -0.05) is 44.6 Å². The van der Waals surface area contributed by atoms with Gasteiger partial charge in [0, 0.05) is 18.8 Å². The SMILES string of the molecule is C=C(C)CN(CC(C)C(=O)O)c1ccc(CCCC)cc1. The second-order valence-corrected chi connectivity index (χ2v) is 5.85. The van der Waals surface area contributed by atoms with Crippen LogP contribution in [0.5, 0.6) is 0 Å². The summed E-state index contributed by atoms with van der Waals surface area (Å²) in [5.74, 6) is -1.16. The molecule has 0 saturated carbocycles. The number of aliphatic carboxylic acids is 1. The van der Waals surface area contributed by atoms with Crippen molar-refractivity contribution >= 4 is 11.7 Å². The van der Waals surface area contributed by atoms with Gasteiger partial charge in [-0.3, -0.25) is 4.79 Å². The first-order valence-electron chi connectivity index (χ1n) is 7.65. The fourth-order valence-electron chi connectivity index (χ4n) is 2.25. The molecular formula is C18H27NO2. The van der Waals surface area contributed by atoms with Gasteiger partial charge in [-0.2, -0.15) is 0 Å². The van der Waals surface area contributed by atoms with Gasteiger partial charge < -0.3 is 10.0 Å². The molecule has 0 amide bonds. The van der Waals surface area contributed by atoms with Gasteiger partial charge in [0.25, 0.3) is 0 Å². The van der Waals surface area contributed by atoms with Crippen molar-refractivity contribution < 1.29 is 9.90 Å². The van der Waals surface area contributed by atoms with E-state index >= 15 is 0 Å². The molecule has 0 aliphatic rings. The zero-order valence-electron chi connectivity index (χ0n) is 13.4. The maximum Gasteiger partial charge on any atom is 0.308 e. The number of rotatable bonds is 9. The molecule has 0 aliphatic heterocycles. The number of unbranched alkanes of at least 4 members (excludes halogenated alkanes) is 1. The van der Waals surface area contributed by atoms with Crippen molar-refractivity contribution in [3.63, 3.8) is 0 Å². The average molecular weight is 289 g/mol. The lowest BCUT2D eigenvalue weighted by atomic mass is 10.1. The molecule has 0 heterocycles. The van der Waals surface area contributed by atoms with Crippen LogP contribution in [0.15, 0.2) is 36.4 Å². The number of aryl methyl sites for hydroxylation is 1. The number of hydrogen-bond acceptors (Lipinski definition) is 2. The molecule has 21 heavy (non-hydrogen) atoms. The van der Waals surface area contributed by atoms with E-state index in [1.807, 2.05) is 6.92 Å². The third kappa shape index (κ3) is 6.03. The van der Waals surface area contributed by atoms with Crippen molar-refractivity contribution in [2.75, 3.05) is 18.0 Å². The maximum atomic E-state index is 11.1. The smallest absolute Gasteiger partial charge is 0.308 e. The second kappa shape index (κ2) is 8.50. The normalized spacial score (nSPS) is 12.0. The fourth-order valence-corrected chi connectivity index (χ4v) is 2.25. The summed E-state index contributed by atoms with van der Waals surface area (Å²) in [5.41, 5.74) is 3.43. The molecular weight excluding hydrogens is 262 g/mol. The van der Waals surface area contributed by atoms with Crippen molar-refractivity contribution in [1.82, 2.24) is 0 Å². The highest BCUT2D eigenvalue weighted by Gasteiger charge is 2.16. The van der Waals surface area contributed by atoms with Crippen LogP contribution < -0.4 is 4.90 Å². The topological polar surface area (TPSA) is 40.5 Å². The minimum Gasteiger partial charge on any atom is -0.481 e. The zero-order valence-corrected chi connectivity index (χ0v) is 13.4. The van der Waals surface area contributed by atoms with E-state index in [4.69, 9.17) is 5.11 Å². The van der Waals surface area contributed by atoms with Crippen molar-refractivity contribution in [1.29, 1.82) is 0 Å². The van der Waals surface area contributed by atoms with Crippen LogP contribution in [0, 0.1) is 5.92 Å². The Labute approximate surface area is 128 Å². The van der Waals surface area contributed by atoms with E-state index < -0.39 is 11.9 Å². The summed E-state index contributed by atoms with van der Waals surface area (Å²) in [6.45, 7) is 11.0. The van der Waals surface area contributed by atoms with E-state index in [-0.39, 0.29) is 0 Å². The zero-order chi connectivity index (χ0) is 15.8. The van der Waals surface area contributed by atoms with Crippen LogP contribution in [0.4, 0.5) is 5.69 Å². The largest absolute Gasteiger partial charge is 0.481 e. The van der Waals surface area contributed by atoms with Gasteiger partial charge >= 0.3 is 5.97 Å². The number of hydrogen-bond donors (Lipinski definition) is 1. The summed E-state index contributed by atoms with van der Waals surface area (Å²) in [6.07, 6.45) is 3.49. The standard InChI is InChI=1S/C18H27NO2/c1-5-6-7-16-8-10-17(11-9-16)19(12-14(2)3)13-15(4)18(20)21/h8-11,15H,2,5-7,12-13H2,1,3-4H3,(H,20,21). The summed E-state index contributed by atoms with van der Waals surface area (Å²) < 4.78 is 0. The Bertz CT molecular complexity index is 465. The number of carboxylic acid groups (broad SMARTS) is 1. The Morgan fingerprint density at radius 3 is 2.43 bits per heavy atom. The highest BCUT2D eigenvalue weighted by Crippen LogP contribution is 2.19. The first kappa shape index (κ1) is 17.3. The number of carbonyl (C=O) groups is 1. The molecule has 116 valence electrons. The minimum atomic E-state index is -0.763. The molecule has 0 fully saturated rings. The first-order valence-corrected chi connectivity index (χ1v) is 7.65. The summed E-state index contributed by atoms with van der Waals surface area (Å²) in [7, 11) is 0. The predicted octanol–water partition coefficient (Wildman–Crippen LogP) is 4.13. The van der Waals surface area contributed by atoms with Crippen molar-refractivity contribution in [2.45, 2.75) is 40.0 Å². The predicted molar refractivity (Wildman–Crippen MR) is 88.9 cm³/mol. The van der Waals surface area contributed by atoms with Crippen LogP contribution in [0.3, 0.4) is 0 Å². The Balaban J connectivity index is 2.82. The molecule has 0 aromatic heterocycles. The highest BCUT2D eigenvalue weighted by molar-refractivity contribution is 5.70. The Morgan fingerprint density at radius 1 is 1.33 bits per heavy atom. The monoisotopic (exact) mass is 289 g/mol. The third-order valence-electron chi connectivity index (χ3n) is 3.50. The lowest BCUT2D eigenvalue weighted by Gasteiger charge is -2.27. The number of anilines is 1. The van der Waals surface area contributed by atoms with Gasteiger partial charge in [0.1, 0.15) is 0 Å². The fraction of sp³-hybridized carbons (Fsp3) is 0.500. The first-order chi connectivity index (χ1) is 9.93. The van der Waals surface area contributed by atoms with Crippen LogP contribution >= 0.6 is 0 Å². The quantitative estimate of drug-likeness (QED) is 0.695. The van der Waals surface area contributed by atoms with Crippen LogP contribution in [0.1, 0.15) is 39.2 Å². The molecule has 1 aromatic rings. The van der Waals surface area contributed by atoms with Crippen molar-refractivity contribution in [3.05, 3.63) is 42.0 Å². The van der Waals surface area contributed by atoms with E-state index in [1.165, 1.54) is 18.4 Å². The lowest BCUT2D eigenvalue weighted by Crippen LogP contribution is -2.33. The highest BCUT2D eigenvalue weighted by atomic mass is 16.4. The van der Waals surface area contributed by atoms with Crippen molar-refractivity contribution in [3.8, 4) is 0 Å². The van der Waals surface area contributed by atoms with Gasteiger partial charge in [-0.25, -0.2) is 0 Å². The molecule has 3 heteroatoms. The number of benzene rings is 1. The lowest BCUT2D eigenvalue weighted by molar-refractivity contribution is -0.140.